The molecule has 0 aliphatic rings. The first-order chi connectivity index (χ1) is 3.85. The van der Waals surface area contributed by atoms with Crippen molar-refractivity contribution in [1.29, 1.82) is 0 Å². The summed E-state index contributed by atoms with van der Waals surface area (Å²) in [4.78, 5) is 0. The molecule has 0 fully saturated rings. The molecule has 0 aromatic heterocycles. The van der Waals surface area contributed by atoms with Crippen molar-refractivity contribution in [2.45, 2.75) is 19.3 Å². The second-order valence-corrected chi connectivity index (χ2v) is 3.25. The van der Waals surface area contributed by atoms with Gasteiger partial charge in [-0.3, -0.25) is 0 Å². The van der Waals surface area contributed by atoms with E-state index in [0.717, 1.165) is 0 Å². The van der Waals surface area contributed by atoms with Gasteiger partial charge in [0.1, 0.15) is 0 Å². The number of aliphatic hydroxyl groups is 1. The van der Waals surface area contributed by atoms with Crippen LogP contribution in [0.3, 0.4) is 0 Å². The maximum atomic E-state index is 10.4. The van der Waals surface area contributed by atoms with E-state index in [1.54, 1.807) is 6.92 Å². The molecule has 0 heterocycles. The van der Waals surface area contributed by atoms with Crippen LogP contribution in [0.4, 0.5) is 0 Å². The number of rotatable bonds is 2. The Morgan fingerprint density at radius 3 is 1.67 bits per heavy atom. The average Bonchev–Trinajstić information content (AvgIpc) is 1.62. The number of hydrogen-bond acceptors (Lipinski definition) is 2. The van der Waals surface area contributed by atoms with Crippen LogP contribution in [0.2, 0.25) is 0 Å². The Kier molecular flexibility index (Phi) is 2.61. The molecule has 2 unspecified atom stereocenters. The van der Waals surface area contributed by atoms with Gasteiger partial charge in [0.15, 0.2) is 0 Å². The van der Waals surface area contributed by atoms with Crippen molar-refractivity contribution in [2.24, 2.45) is 0 Å². The minimum atomic E-state index is -1.47. The summed E-state index contributed by atoms with van der Waals surface area (Å²) in [6.07, 6.45) is -1.47. The maximum absolute atomic E-state index is 10.4. The molecule has 3 heteroatoms. The Labute approximate surface area is 56.1 Å². The van der Waals surface area contributed by atoms with Gasteiger partial charge in [0.05, 0.1) is 27.2 Å². The van der Waals surface area contributed by atoms with Crippen molar-refractivity contribution in [3.63, 3.8) is 0 Å². The van der Waals surface area contributed by atoms with Gasteiger partial charge in [-0.2, -0.15) is 0 Å². The molecule has 0 aliphatic carbocycles. The van der Waals surface area contributed by atoms with E-state index in [9.17, 15) is 5.11 Å². The first kappa shape index (κ1) is 8.88. The van der Waals surface area contributed by atoms with E-state index in [1.165, 1.54) is 0 Å². The van der Waals surface area contributed by atoms with Crippen LogP contribution in [0, 0.1) is 0 Å². The zero-order chi connectivity index (χ0) is 7.65. The van der Waals surface area contributed by atoms with Crippen LogP contribution < -0.4 is 5.11 Å². The number of hydrogen-bond donors (Lipinski definition) is 1. The summed E-state index contributed by atoms with van der Waals surface area (Å²) in [6, 6.07) is -0.245. The van der Waals surface area contributed by atoms with Crippen LogP contribution in [-0.2, 0) is 0 Å². The van der Waals surface area contributed by atoms with Gasteiger partial charge in [0.2, 0.25) is 0 Å². The Bertz CT molecular complexity index is 85.5. The molecule has 0 radical (unpaired) electrons. The maximum Gasteiger partial charge on any atom is 0.0965 e. The fourth-order valence-electron chi connectivity index (χ4n) is 0.383. The Morgan fingerprint density at radius 2 is 1.67 bits per heavy atom. The lowest BCUT2D eigenvalue weighted by Gasteiger charge is -2.37. The Hall–Kier alpha value is -0.120. The molecule has 2 atom stereocenters. The molecule has 0 saturated carbocycles. The van der Waals surface area contributed by atoms with Crippen molar-refractivity contribution in [3.8, 4) is 0 Å². The predicted molar refractivity (Wildman–Crippen MR) is 33.5 cm³/mol. The molecule has 0 rings (SSSR count). The third-order valence-corrected chi connectivity index (χ3v) is 1.63. The van der Waals surface area contributed by atoms with E-state index in [4.69, 9.17) is 5.11 Å². The van der Waals surface area contributed by atoms with Crippen LogP contribution >= 0.6 is 0 Å². The summed E-state index contributed by atoms with van der Waals surface area (Å²) >= 11 is 0. The van der Waals surface area contributed by atoms with E-state index in [-0.39, 0.29) is 6.04 Å². The van der Waals surface area contributed by atoms with Gasteiger partial charge in [-0.1, -0.05) is 0 Å². The zero-order valence-electron chi connectivity index (χ0n) is 6.46. The first-order valence-electron chi connectivity index (χ1n) is 3.00. The quantitative estimate of drug-likeness (QED) is 0.378. The van der Waals surface area contributed by atoms with Gasteiger partial charge in [-0.05, 0) is 6.92 Å². The highest BCUT2D eigenvalue weighted by Gasteiger charge is 2.18. The van der Waals surface area contributed by atoms with Crippen molar-refractivity contribution >= 4 is 0 Å². The second-order valence-electron chi connectivity index (χ2n) is 3.25. The van der Waals surface area contributed by atoms with E-state index in [1.807, 2.05) is 21.1 Å². The fourth-order valence-corrected chi connectivity index (χ4v) is 0.383. The van der Waals surface area contributed by atoms with Crippen molar-refractivity contribution in [3.05, 3.63) is 0 Å². The molecule has 3 nitrogen and oxygen atoms in total. The molecule has 0 amide bonds. The largest absolute Gasteiger partial charge is 0.827 e. The lowest BCUT2D eigenvalue weighted by atomic mass is 10.3. The Morgan fingerprint density at radius 1 is 1.33 bits per heavy atom. The average molecular weight is 133 g/mol. The molecular formula is C6H15NO2. The third kappa shape index (κ3) is 2.79. The van der Waals surface area contributed by atoms with E-state index in [0.29, 0.717) is 4.48 Å². The molecule has 0 spiro atoms. The first-order valence-corrected chi connectivity index (χ1v) is 3.00. The molecule has 0 bridgehead atoms. The van der Waals surface area contributed by atoms with Gasteiger partial charge in [-0.25, -0.2) is 0 Å². The van der Waals surface area contributed by atoms with Gasteiger partial charge < -0.3 is 14.7 Å². The summed E-state index contributed by atoms with van der Waals surface area (Å²) in [6.45, 7) is 1.73. The second kappa shape index (κ2) is 2.64. The van der Waals surface area contributed by atoms with Gasteiger partial charge in [0, 0.05) is 6.29 Å². The van der Waals surface area contributed by atoms with Crippen molar-refractivity contribution < 1.29 is 14.7 Å². The topological polar surface area (TPSA) is 43.3 Å². The minimum absolute atomic E-state index is 0.245. The third-order valence-electron chi connectivity index (χ3n) is 1.63. The highest BCUT2D eigenvalue weighted by molar-refractivity contribution is 4.47. The summed E-state index contributed by atoms with van der Waals surface area (Å²) in [5.74, 6) is 0. The van der Waals surface area contributed by atoms with Gasteiger partial charge >= 0.3 is 0 Å². The van der Waals surface area contributed by atoms with Crippen molar-refractivity contribution in [1.82, 2.24) is 0 Å². The SMILES string of the molecule is CC(C([O-])O)[N+](C)(C)C. The highest BCUT2D eigenvalue weighted by atomic mass is 16.5. The summed E-state index contributed by atoms with van der Waals surface area (Å²) in [5, 5.41) is 19.0. The molecule has 1 N–H and O–H groups in total. The predicted octanol–water partition coefficient (Wildman–Crippen LogP) is -1.24. The monoisotopic (exact) mass is 133 g/mol. The Balaban J connectivity index is 3.88. The minimum Gasteiger partial charge on any atom is -0.827 e. The molecule has 0 aromatic rings. The standard InChI is InChI=1S/C6H15NO2/c1-5(6(8)9)7(2,3)4/h5-6,8H,1-4H3. The van der Waals surface area contributed by atoms with Crippen LogP contribution in [0.5, 0.6) is 0 Å². The van der Waals surface area contributed by atoms with Crippen LogP contribution in [-0.4, -0.2) is 43.1 Å². The summed E-state index contributed by atoms with van der Waals surface area (Å²) in [7, 11) is 5.64. The number of aliphatic hydroxyl groups excluding tert-OH is 1. The van der Waals surface area contributed by atoms with E-state index < -0.39 is 6.29 Å². The van der Waals surface area contributed by atoms with Crippen molar-refractivity contribution in [2.75, 3.05) is 21.1 Å². The van der Waals surface area contributed by atoms with E-state index >= 15 is 0 Å². The molecule has 0 aliphatic heterocycles. The lowest BCUT2D eigenvalue weighted by Crippen LogP contribution is -2.54. The number of quaternary nitrogens is 1. The number of nitrogens with zero attached hydrogens (tertiary/aromatic N) is 1. The fraction of sp³-hybridized carbons (Fsp3) is 1.00. The summed E-state index contributed by atoms with van der Waals surface area (Å²) < 4.78 is 0.505. The lowest BCUT2D eigenvalue weighted by molar-refractivity contribution is -0.910. The molecular weight excluding hydrogens is 118 g/mol. The molecule has 9 heavy (non-hydrogen) atoms. The number of likely N-dealkylation sites (N-methyl/N-ethyl adjacent to an activating group) is 1. The molecule has 56 valence electrons. The normalized spacial score (nSPS) is 19.3. The summed E-state index contributed by atoms with van der Waals surface area (Å²) in [5.41, 5.74) is 0. The van der Waals surface area contributed by atoms with Crippen LogP contribution in [0.1, 0.15) is 6.92 Å². The highest BCUT2D eigenvalue weighted by Crippen LogP contribution is 2.02. The van der Waals surface area contributed by atoms with Gasteiger partial charge in [-0.15, -0.1) is 0 Å². The van der Waals surface area contributed by atoms with Crippen LogP contribution in [0.15, 0.2) is 0 Å². The van der Waals surface area contributed by atoms with E-state index in [2.05, 4.69) is 0 Å². The smallest absolute Gasteiger partial charge is 0.0965 e. The zero-order valence-corrected chi connectivity index (χ0v) is 6.46. The van der Waals surface area contributed by atoms with Crippen LogP contribution in [0.25, 0.3) is 0 Å². The molecule has 0 saturated heterocycles. The van der Waals surface area contributed by atoms with Gasteiger partial charge in [0.25, 0.3) is 0 Å². The molecule has 0 aromatic carbocycles.